The highest BCUT2D eigenvalue weighted by Gasteiger charge is 2.32. The number of primary amides is 1. The zero-order chi connectivity index (χ0) is 25.4. The number of hydrogen-bond donors (Lipinski definition) is 2. The van der Waals surface area contributed by atoms with E-state index in [1.165, 1.54) is 49.2 Å². The Bertz CT molecular complexity index is 1140. The van der Waals surface area contributed by atoms with Crippen LogP contribution in [0.4, 0.5) is 24.5 Å². The van der Waals surface area contributed by atoms with Gasteiger partial charge in [0.25, 0.3) is 11.8 Å². The zero-order valence-electron chi connectivity index (χ0n) is 19.0. The van der Waals surface area contributed by atoms with E-state index in [1.54, 1.807) is 0 Å². The fraction of sp³-hybridized carbons (Fsp3) is 0.292. The van der Waals surface area contributed by atoms with Crippen molar-refractivity contribution >= 4 is 23.2 Å². The van der Waals surface area contributed by atoms with Crippen LogP contribution in [-0.2, 0) is 6.18 Å². The van der Waals surface area contributed by atoms with Crippen LogP contribution in [0.2, 0.25) is 0 Å². The summed E-state index contributed by atoms with van der Waals surface area (Å²) in [5, 5.41) is 2.65. The molecular weight excluding hydrogens is 461 g/mol. The smallest absolute Gasteiger partial charge is 0.367 e. The summed E-state index contributed by atoms with van der Waals surface area (Å²) in [6, 6.07) is 6.77. The van der Waals surface area contributed by atoms with Crippen LogP contribution < -0.4 is 16.0 Å². The van der Waals surface area contributed by atoms with Gasteiger partial charge in [-0.05, 0) is 56.5 Å². The SMILES string of the molecule is C[C@H]1CCCCN1c1ccc(C(F)(F)F)cc1NC(=O)c1ccncc1.NC(=O)c1cnccn1. The number of aromatic nitrogens is 3. The highest BCUT2D eigenvalue weighted by Crippen LogP contribution is 2.37. The number of rotatable bonds is 4. The number of nitrogens with zero attached hydrogens (tertiary/aromatic N) is 4. The van der Waals surface area contributed by atoms with Gasteiger partial charge in [-0.3, -0.25) is 19.6 Å². The lowest BCUT2D eigenvalue weighted by Crippen LogP contribution is -2.38. The van der Waals surface area contributed by atoms with Crippen LogP contribution in [0.5, 0.6) is 0 Å². The van der Waals surface area contributed by atoms with Crippen molar-refractivity contribution in [2.24, 2.45) is 5.73 Å². The molecule has 0 bridgehead atoms. The Morgan fingerprint density at radius 1 is 1.06 bits per heavy atom. The number of carbonyl (C=O) groups is 2. The van der Waals surface area contributed by atoms with Crippen molar-refractivity contribution in [2.75, 3.05) is 16.8 Å². The molecule has 2 aromatic heterocycles. The third kappa shape index (κ3) is 6.98. The van der Waals surface area contributed by atoms with Crippen molar-refractivity contribution in [2.45, 2.75) is 38.4 Å². The molecule has 184 valence electrons. The van der Waals surface area contributed by atoms with Crippen molar-refractivity contribution in [1.82, 2.24) is 15.0 Å². The van der Waals surface area contributed by atoms with Gasteiger partial charge >= 0.3 is 6.18 Å². The molecular formula is C24H25F3N6O2. The lowest BCUT2D eigenvalue weighted by Gasteiger charge is -2.36. The summed E-state index contributed by atoms with van der Waals surface area (Å²) in [7, 11) is 0. The molecule has 0 saturated carbocycles. The molecule has 3 N–H and O–H groups in total. The van der Waals surface area contributed by atoms with Gasteiger partial charge in [-0.2, -0.15) is 13.2 Å². The number of benzene rings is 1. The Kier molecular flexibility index (Phi) is 8.34. The van der Waals surface area contributed by atoms with Crippen LogP contribution in [0.25, 0.3) is 0 Å². The summed E-state index contributed by atoms with van der Waals surface area (Å²) < 4.78 is 39.4. The number of carbonyl (C=O) groups excluding carboxylic acids is 2. The molecule has 1 atom stereocenters. The topological polar surface area (TPSA) is 114 Å². The van der Waals surface area contributed by atoms with Gasteiger partial charge < -0.3 is 16.0 Å². The van der Waals surface area contributed by atoms with E-state index in [-0.39, 0.29) is 17.4 Å². The van der Waals surface area contributed by atoms with E-state index < -0.39 is 23.6 Å². The largest absolute Gasteiger partial charge is 0.416 e. The number of piperidine rings is 1. The lowest BCUT2D eigenvalue weighted by atomic mass is 10.0. The van der Waals surface area contributed by atoms with Crippen LogP contribution in [0.1, 0.15) is 52.6 Å². The molecule has 2 amide bonds. The molecule has 3 heterocycles. The number of halogens is 3. The van der Waals surface area contributed by atoms with Gasteiger partial charge in [0.2, 0.25) is 0 Å². The second-order valence-electron chi connectivity index (χ2n) is 7.91. The summed E-state index contributed by atoms with van der Waals surface area (Å²) in [5.74, 6) is -1.01. The van der Waals surface area contributed by atoms with Gasteiger partial charge in [0.15, 0.2) is 0 Å². The molecule has 1 aliphatic heterocycles. The number of nitrogens with one attached hydrogen (secondary N) is 1. The first-order valence-corrected chi connectivity index (χ1v) is 10.9. The quantitative estimate of drug-likeness (QED) is 0.568. The molecule has 0 spiro atoms. The molecule has 8 nitrogen and oxygen atoms in total. The first kappa shape index (κ1) is 25.6. The van der Waals surface area contributed by atoms with Crippen LogP contribution in [0, 0.1) is 0 Å². The van der Waals surface area contributed by atoms with E-state index in [0.29, 0.717) is 11.3 Å². The maximum absolute atomic E-state index is 13.1. The van der Waals surface area contributed by atoms with Crippen molar-refractivity contribution in [1.29, 1.82) is 0 Å². The van der Waals surface area contributed by atoms with Gasteiger partial charge in [0, 0.05) is 42.9 Å². The van der Waals surface area contributed by atoms with Crippen LogP contribution in [0.15, 0.2) is 61.3 Å². The zero-order valence-corrected chi connectivity index (χ0v) is 19.0. The minimum Gasteiger partial charge on any atom is -0.367 e. The second-order valence-corrected chi connectivity index (χ2v) is 7.91. The van der Waals surface area contributed by atoms with Gasteiger partial charge in [-0.15, -0.1) is 0 Å². The molecule has 11 heteroatoms. The molecule has 35 heavy (non-hydrogen) atoms. The van der Waals surface area contributed by atoms with E-state index in [1.807, 2.05) is 6.92 Å². The first-order valence-electron chi connectivity index (χ1n) is 10.9. The average Bonchev–Trinajstić information content (AvgIpc) is 2.85. The van der Waals surface area contributed by atoms with Gasteiger partial charge in [0.1, 0.15) is 5.69 Å². The average molecular weight is 486 g/mol. The van der Waals surface area contributed by atoms with Gasteiger partial charge in [0.05, 0.1) is 23.1 Å². The first-order chi connectivity index (χ1) is 16.7. The Balaban J connectivity index is 0.000000320. The molecule has 0 aliphatic carbocycles. The van der Waals surface area contributed by atoms with Crippen molar-refractivity contribution < 1.29 is 22.8 Å². The number of pyridine rings is 1. The number of hydrogen-bond acceptors (Lipinski definition) is 6. The Morgan fingerprint density at radius 2 is 1.80 bits per heavy atom. The number of amides is 2. The summed E-state index contributed by atoms with van der Waals surface area (Å²) in [5.41, 5.74) is 5.42. The number of nitrogens with two attached hydrogens (primary N) is 1. The van der Waals surface area contributed by atoms with Crippen molar-refractivity contribution in [3.05, 3.63) is 78.1 Å². The fourth-order valence-corrected chi connectivity index (χ4v) is 3.64. The van der Waals surface area contributed by atoms with E-state index in [2.05, 4.69) is 25.2 Å². The van der Waals surface area contributed by atoms with E-state index >= 15 is 0 Å². The van der Waals surface area contributed by atoms with Crippen LogP contribution in [-0.4, -0.2) is 39.4 Å². The van der Waals surface area contributed by atoms with Gasteiger partial charge in [-0.25, -0.2) is 4.98 Å². The molecule has 1 saturated heterocycles. The monoisotopic (exact) mass is 486 g/mol. The maximum atomic E-state index is 13.1. The Labute approximate surface area is 200 Å². The second kappa shape index (κ2) is 11.4. The van der Waals surface area contributed by atoms with E-state index in [0.717, 1.165) is 37.9 Å². The minimum atomic E-state index is -4.47. The van der Waals surface area contributed by atoms with Crippen LogP contribution >= 0.6 is 0 Å². The van der Waals surface area contributed by atoms with Crippen LogP contribution in [0.3, 0.4) is 0 Å². The standard InChI is InChI=1S/C19H20F3N3O.C5H5N3O/c1-13-4-2-3-11-25(13)17-6-5-15(19(20,21)22)12-16(17)24-18(26)14-7-9-23-10-8-14;6-5(9)4-3-7-1-2-8-4/h5-10,12-13H,2-4,11H2,1H3,(H,24,26);1-3H,(H2,6,9)/t13-;/m0./s1. The fourth-order valence-electron chi connectivity index (χ4n) is 3.64. The predicted octanol–water partition coefficient (Wildman–Crippen LogP) is 4.31. The third-order valence-electron chi connectivity index (χ3n) is 5.44. The predicted molar refractivity (Wildman–Crippen MR) is 125 cm³/mol. The summed E-state index contributed by atoms with van der Waals surface area (Å²) in [6.07, 6.45) is 5.72. The molecule has 1 aromatic carbocycles. The van der Waals surface area contributed by atoms with Gasteiger partial charge in [-0.1, -0.05) is 0 Å². The highest BCUT2D eigenvalue weighted by atomic mass is 19.4. The molecule has 0 unspecified atom stereocenters. The number of alkyl halides is 3. The molecule has 1 fully saturated rings. The van der Waals surface area contributed by atoms with E-state index in [9.17, 15) is 22.8 Å². The highest BCUT2D eigenvalue weighted by molar-refractivity contribution is 6.06. The molecule has 3 aromatic rings. The van der Waals surface area contributed by atoms with Crippen molar-refractivity contribution in [3.63, 3.8) is 0 Å². The Morgan fingerprint density at radius 3 is 2.37 bits per heavy atom. The molecule has 0 radical (unpaired) electrons. The third-order valence-corrected chi connectivity index (χ3v) is 5.44. The molecule has 1 aliphatic rings. The van der Waals surface area contributed by atoms with E-state index in [4.69, 9.17) is 5.73 Å². The summed E-state index contributed by atoms with van der Waals surface area (Å²) in [6.45, 7) is 2.80. The maximum Gasteiger partial charge on any atom is 0.416 e. The Hall–Kier alpha value is -4.02. The summed E-state index contributed by atoms with van der Waals surface area (Å²) in [4.78, 5) is 36.0. The number of anilines is 2. The lowest BCUT2D eigenvalue weighted by molar-refractivity contribution is -0.137. The molecule has 4 rings (SSSR count). The summed E-state index contributed by atoms with van der Waals surface area (Å²) >= 11 is 0. The normalized spacial score (nSPS) is 15.5. The van der Waals surface area contributed by atoms with Crippen molar-refractivity contribution in [3.8, 4) is 0 Å². The minimum absolute atomic E-state index is 0.176.